The minimum absolute atomic E-state index is 0. The second-order valence-corrected chi connectivity index (χ2v) is 9.04. The molecular formula is C26H31N9O28Y6-12. The fourth-order valence-electron chi connectivity index (χ4n) is 2.45. The van der Waals surface area contributed by atoms with E-state index in [-0.39, 0.29) is 225 Å². The number of carbonyl (C=O) groups is 18. The number of rotatable bonds is 18. The quantitative estimate of drug-likeness (QED) is 0.0569. The molecule has 0 bridgehead atoms. The number of nitrogens with one attached hydrogen (secondary N) is 8. The Labute approximate surface area is 535 Å². The van der Waals surface area contributed by atoms with Crippen LogP contribution in [0.4, 0.5) is 0 Å². The zero-order valence-electron chi connectivity index (χ0n) is 34.6. The fraction of sp³-hybridized carbons (Fsp3) is 0.192. The van der Waals surface area contributed by atoms with Crippen LogP contribution in [0.5, 0.6) is 0 Å². The Morgan fingerprint density at radius 2 is 0.362 bits per heavy atom. The maximum atomic E-state index is 10.4. The van der Waals surface area contributed by atoms with Crippen molar-refractivity contribution in [1.82, 2.24) is 0 Å². The molecule has 0 heterocycles. The van der Waals surface area contributed by atoms with Crippen molar-refractivity contribution in [3.05, 3.63) is 74.3 Å². The van der Waals surface area contributed by atoms with Crippen molar-refractivity contribution < 1.29 is 334 Å². The van der Waals surface area contributed by atoms with E-state index in [2.05, 4.69) is 0 Å². The Morgan fingerprint density at radius 1 is 0.261 bits per heavy atom. The number of amides is 8. The van der Waals surface area contributed by atoms with Crippen LogP contribution in [0.3, 0.4) is 0 Å². The molecule has 0 saturated carbocycles. The van der Waals surface area contributed by atoms with E-state index in [4.69, 9.17) is 96.9 Å². The first-order valence-corrected chi connectivity index (χ1v) is 12.6. The number of hydrogen-bond donors (Lipinski definition) is 10. The van der Waals surface area contributed by atoms with Gasteiger partial charge in [-0.2, -0.15) is 0 Å². The second kappa shape index (κ2) is 46.1. The minimum atomic E-state index is -3.72. The molecule has 0 aromatic carbocycles. The third-order valence-corrected chi connectivity index (χ3v) is 5.58. The van der Waals surface area contributed by atoms with E-state index < -0.39 is 135 Å². The van der Waals surface area contributed by atoms with Gasteiger partial charge in [-0.1, -0.05) is 0 Å². The van der Waals surface area contributed by atoms with Crippen molar-refractivity contribution in [1.29, 1.82) is 0 Å². The van der Waals surface area contributed by atoms with Gasteiger partial charge in [0.1, 0.15) is 0 Å². The van der Waals surface area contributed by atoms with E-state index in [1.54, 1.807) is 0 Å². The molecule has 0 aromatic heterocycles. The number of carbonyl (C=O) groups excluding carboxylic acids is 8. The van der Waals surface area contributed by atoms with E-state index in [1.165, 1.54) is 0 Å². The molecule has 0 rings (SSSR count). The molecule has 0 aliphatic rings. The summed E-state index contributed by atoms with van der Waals surface area (Å²) in [6.07, 6.45) is -0.694. The molecule has 0 fully saturated rings. The van der Waals surface area contributed by atoms with Gasteiger partial charge in [0.15, 0.2) is 0 Å². The van der Waals surface area contributed by atoms with E-state index in [0.29, 0.717) is 0 Å². The van der Waals surface area contributed by atoms with Crippen LogP contribution in [0.25, 0.3) is 52.0 Å². The average Bonchev–Trinajstić information content (AvgIpc) is 2.95. The second-order valence-electron chi connectivity index (χ2n) is 9.04. The summed E-state index contributed by atoms with van der Waals surface area (Å²) in [5, 5.41) is 82.1. The van der Waals surface area contributed by atoms with Gasteiger partial charge < -0.3 is 164 Å². The Hall–Kier alpha value is -2.96. The third-order valence-electron chi connectivity index (χ3n) is 5.58. The summed E-state index contributed by atoms with van der Waals surface area (Å²) in [6, 6.07) is 0. The molecule has 43 heteroatoms. The van der Waals surface area contributed by atoms with Crippen LogP contribution in [0, 0.1) is 43.9 Å². The van der Waals surface area contributed by atoms with Crippen molar-refractivity contribution in [2.45, 2.75) is 6.42 Å². The normalized spacial score (nSPS) is 8.70. The molecule has 0 aromatic rings. The van der Waals surface area contributed by atoms with Crippen LogP contribution >= 0.6 is 0 Å². The van der Waals surface area contributed by atoms with E-state index >= 15 is 0 Å². The molecule has 378 valence electrons. The number of carboxylic acid groups (broad SMARTS) is 10. The van der Waals surface area contributed by atoms with Crippen molar-refractivity contribution in [2.75, 3.05) is 0 Å². The molecular weight excluding hydrogens is 1420 g/mol. The number of carboxylic acids is 10. The predicted molar refractivity (Wildman–Crippen MR) is 190 cm³/mol. The van der Waals surface area contributed by atoms with Crippen LogP contribution in [-0.4, -0.2) is 158 Å². The summed E-state index contributed by atoms with van der Waals surface area (Å²) in [7, 11) is 0. The molecule has 0 aliphatic carbocycles. The molecule has 0 unspecified atom stereocenters. The first kappa shape index (κ1) is 107. The van der Waals surface area contributed by atoms with Gasteiger partial charge in [0.2, 0.25) is 16.2 Å². The van der Waals surface area contributed by atoms with Gasteiger partial charge in [-0.3, -0.25) is 33.6 Å². The Morgan fingerprint density at radius 3 is 0.362 bits per heavy atom. The van der Waals surface area contributed by atoms with Gasteiger partial charge >= 0.3 is 65.1 Å². The average molecular weight is 1450 g/mol. The summed E-state index contributed by atoms with van der Waals surface area (Å²) in [6.45, 7) is 0. The van der Waals surface area contributed by atoms with Crippen molar-refractivity contribution in [3.8, 4) is 0 Å². The summed E-state index contributed by atoms with van der Waals surface area (Å²) >= 11 is 0. The molecule has 69 heavy (non-hydrogen) atoms. The van der Waals surface area contributed by atoms with E-state index in [0.717, 1.165) is 0 Å². The first-order chi connectivity index (χ1) is 26.2. The van der Waals surface area contributed by atoms with Crippen LogP contribution in [0.1, 0.15) is 6.42 Å². The van der Waals surface area contributed by atoms with Crippen LogP contribution in [0.2, 0.25) is 0 Å². The van der Waals surface area contributed by atoms with Crippen molar-refractivity contribution in [3.63, 3.8) is 0 Å². The van der Waals surface area contributed by atoms with E-state index in [9.17, 15) is 86.3 Å². The van der Waals surface area contributed by atoms with Gasteiger partial charge in [-0.15, -0.1) is 0 Å². The van der Waals surface area contributed by atoms with Gasteiger partial charge in [0, 0.05) is 196 Å². The molecule has 0 aliphatic heterocycles. The summed E-state index contributed by atoms with van der Waals surface area (Å²) < 4.78 is 0. The Kier molecular flexibility index (Phi) is 71.7. The topological polar surface area (TPSA) is 733 Å². The van der Waals surface area contributed by atoms with Gasteiger partial charge in [-0.05, 0) is 0 Å². The molecule has 20 N–H and O–H groups in total. The smallest absolute Gasteiger partial charge is 0.338 e. The van der Waals surface area contributed by atoms with Gasteiger partial charge in [0.25, 0.3) is 0 Å². The van der Waals surface area contributed by atoms with Gasteiger partial charge in [0.05, 0.1) is 53.7 Å². The zero-order chi connectivity index (χ0) is 49.1. The maximum Gasteiger partial charge on any atom is 0.338 e. The van der Waals surface area contributed by atoms with Crippen molar-refractivity contribution in [2.24, 2.45) is 21.7 Å². The summed E-state index contributed by atoms with van der Waals surface area (Å²) in [5.74, 6) is -38.6. The largest absolute Gasteiger partial charge is 0.693 e. The third kappa shape index (κ3) is 27.5. The Balaban J connectivity index is -0.0000000396. The molecule has 0 spiro atoms. The summed E-state index contributed by atoms with van der Waals surface area (Å²) in [4.78, 5) is 184. The molecule has 0 atom stereocenters. The number of aliphatic carboxylic acids is 10. The molecule has 8 amide bonds. The number of hydrogen-bond acceptors (Lipinski definition) is 18. The minimum Gasteiger partial charge on any atom is -0.693 e. The molecule has 0 saturated heterocycles. The predicted octanol–water partition coefficient (Wildman–Crippen LogP) is -1.20. The monoisotopic (exact) mass is 1450 g/mol. The van der Waals surface area contributed by atoms with Crippen LogP contribution in [0.15, 0.2) is 0 Å². The maximum absolute atomic E-state index is 10.4. The van der Waals surface area contributed by atoms with Crippen LogP contribution in [-0.2, 0) is 283 Å². The summed E-state index contributed by atoms with van der Waals surface area (Å²) in [5.41, 5.74) is 35.8. The van der Waals surface area contributed by atoms with Crippen LogP contribution < -0.4 is 0 Å². The number of nitrogens with two attached hydrogens (primary N) is 1. The standard InChI is InChI=1S/3C5H6N2O6.C5H5NO7.C3H5NO3.3CH3.H2N.6Y/c3*6-1(8)5(2(7)9,3(10)11)4(12)13;6-1(7)5(2(8)9,3(10)11)4(12)13;4-2(5)1-3(6)7;;;;;;;;;;/h3*(H6,6,7,8,9,10,11,12,13);(H5,6,7,8,9,10,11,12,13);1H2,(H3,4,5,6,7);3*1H3;1H2;;;;;;/q;;;;;4*-1;;;;;;/p-8. The zero-order valence-corrected chi connectivity index (χ0v) is 51.6. The van der Waals surface area contributed by atoms with E-state index in [1.807, 2.05) is 0 Å². The van der Waals surface area contributed by atoms with Gasteiger partial charge in [-0.25, -0.2) is 14.4 Å². The molecule has 37 nitrogen and oxygen atoms in total. The molecule has 6 radical (unpaired) electrons. The van der Waals surface area contributed by atoms with Crippen molar-refractivity contribution >= 4 is 107 Å². The SMILES string of the molecule is [CH3-].[CH3-].[CH3-].[NH-]C(=O)C(C(=O)O)(C(=O)O)C(=O)O.[NH-]C(=O)C(C([NH-])=O)(C(=O)O)C(=O)O.[NH-]C(=O)C(C([NH-])=O)(C(=O)O)C(=O)O.[NH-]C(=O)C(C([NH-])=O)(C(=O)O)C(=O)O.[NH-]C(=O)CC(=O)O.[NH2-].[Y].[Y].[Y].[Y].[Y].[Y]. The first-order valence-electron chi connectivity index (χ1n) is 12.6. The Bertz CT molecular complexity index is 1420. The fourth-order valence-corrected chi connectivity index (χ4v) is 2.45.